The third-order valence-electron chi connectivity index (χ3n) is 4.53. The molecule has 1 N–H and O–H groups in total. The first kappa shape index (κ1) is 17.1. The number of carboxylic acid groups (broad SMARTS) is 1. The van der Waals surface area contributed by atoms with Gasteiger partial charge in [-0.2, -0.15) is 13.2 Å². The molecule has 2 aromatic carbocycles. The molecule has 4 rings (SSSR count). The monoisotopic (exact) mass is 370 g/mol. The molecule has 27 heavy (non-hydrogen) atoms. The summed E-state index contributed by atoms with van der Waals surface area (Å²) in [6.07, 6.45) is 0.392. The topological polar surface area (TPSA) is 55.1 Å². The van der Waals surface area contributed by atoms with E-state index in [2.05, 4.69) is 4.98 Å². The molecule has 0 aliphatic heterocycles. The van der Waals surface area contributed by atoms with Gasteiger partial charge in [0.1, 0.15) is 0 Å². The number of rotatable bonds is 3. The Morgan fingerprint density at radius 2 is 1.93 bits per heavy atom. The van der Waals surface area contributed by atoms with Crippen molar-refractivity contribution < 1.29 is 23.1 Å². The maximum atomic E-state index is 13.1. The number of nitrogens with zero attached hydrogens (tertiary/aromatic N) is 2. The molecule has 0 fully saturated rings. The fraction of sp³-hybridized carbons (Fsp3) is 0.100. The molecule has 4 nitrogen and oxygen atoms in total. The van der Waals surface area contributed by atoms with E-state index >= 15 is 0 Å². The SMILES string of the molecule is O=C(O)c1cc(C(F)(F)F)cc2ccn(Cc3cccc4cnccc34)c12. The molecule has 2 aromatic heterocycles. The highest BCUT2D eigenvalue weighted by Gasteiger charge is 2.32. The summed E-state index contributed by atoms with van der Waals surface area (Å²) >= 11 is 0. The lowest BCUT2D eigenvalue weighted by Crippen LogP contribution is -2.10. The molecule has 0 saturated carbocycles. The van der Waals surface area contributed by atoms with E-state index < -0.39 is 17.7 Å². The Morgan fingerprint density at radius 3 is 2.67 bits per heavy atom. The van der Waals surface area contributed by atoms with Gasteiger partial charge in [-0.3, -0.25) is 4.98 Å². The zero-order valence-electron chi connectivity index (χ0n) is 13.9. The van der Waals surface area contributed by atoms with E-state index in [1.54, 1.807) is 23.2 Å². The van der Waals surface area contributed by atoms with Crippen LogP contribution in [0.15, 0.2) is 61.1 Å². The highest BCUT2D eigenvalue weighted by molar-refractivity contribution is 6.03. The van der Waals surface area contributed by atoms with E-state index in [0.717, 1.165) is 22.4 Å². The molecule has 4 aromatic rings. The maximum Gasteiger partial charge on any atom is 0.416 e. The Hall–Kier alpha value is -3.35. The van der Waals surface area contributed by atoms with Crippen LogP contribution in [0.25, 0.3) is 21.7 Å². The van der Waals surface area contributed by atoms with Crippen LogP contribution in [0.3, 0.4) is 0 Å². The van der Waals surface area contributed by atoms with E-state index in [0.29, 0.717) is 12.6 Å². The van der Waals surface area contributed by atoms with E-state index in [9.17, 15) is 23.1 Å². The van der Waals surface area contributed by atoms with Gasteiger partial charge in [-0.15, -0.1) is 0 Å². The Bertz CT molecular complexity index is 1170. The first-order valence-corrected chi connectivity index (χ1v) is 8.09. The molecule has 0 bridgehead atoms. The van der Waals surface area contributed by atoms with Crippen molar-refractivity contribution in [3.05, 3.63) is 77.7 Å². The van der Waals surface area contributed by atoms with Crippen LogP contribution in [0.5, 0.6) is 0 Å². The summed E-state index contributed by atoms with van der Waals surface area (Å²) < 4.78 is 40.9. The van der Waals surface area contributed by atoms with Gasteiger partial charge in [-0.05, 0) is 35.2 Å². The van der Waals surface area contributed by atoms with Crippen molar-refractivity contribution in [3.8, 4) is 0 Å². The highest BCUT2D eigenvalue weighted by Crippen LogP contribution is 2.34. The van der Waals surface area contributed by atoms with Crippen LogP contribution >= 0.6 is 0 Å². The number of hydrogen-bond acceptors (Lipinski definition) is 2. The largest absolute Gasteiger partial charge is 0.478 e. The summed E-state index contributed by atoms with van der Waals surface area (Å²) in [7, 11) is 0. The van der Waals surface area contributed by atoms with E-state index in [4.69, 9.17) is 0 Å². The van der Waals surface area contributed by atoms with Gasteiger partial charge in [-0.25, -0.2) is 4.79 Å². The summed E-state index contributed by atoms with van der Waals surface area (Å²) in [6.45, 7) is 0.330. The highest BCUT2D eigenvalue weighted by atomic mass is 19.4. The predicted molar refractivity (Wildman–Crippen MR) is 94.7 cm³/mol. The lowest BCUT2D eigenvalue weighted by molar-refractivity contribution is -0.137. The summed E-state index contributed by atoms with van der Waals surface area (Å²) in [6, 6.07) is 10.7. The van der Waals surface area contributed by atoms with Gasteiger partial charge in [0.2, 0.25) is 0 Å². The van der Waals surface area contributed by atoms with Crippen molar-refractivity contribution >= 4 is 27.6 Å². The normalized spacial score (nSPS) is 12.0. The van der Waals surface area contributed by atoms with Gasteiger partial charge in [0.05, 0.1) is 16.6 Å². The standard InChI is InChI=1S/C20H13F3N2O2/c21-20(22,23)15-8-12-5-7-25(18(12)17(9-15)19(26)27)11-14-3-1-2-13-10-24-6-4-16(13)14/h1-10H,11H2,(H,26,27). The van der Waals surface area contributed by atoms with Gasteiger partial charge < -0.3 is 9.67 Å². The second kappa shape index (κ2) is 6.12. The first-order valence-electron chi connectivity index (χ1n) is 8.09. The number of halogens is 3. The van der Waals surface area contributed by atoms with Crippen LogP contribution in [-0.2, 0) is 12.7 Å². The van der Waals surface area contributed by atoms with Crippen LogP contribution in [-0.4, -0.2) is 20.6 Å². The molecule has 0 radical (unpaired) electrons. The molecular formula is C20H13F3N2O2. The molecule has 0 aliphatic rings. The summed E-state index contributed by atoms with van der Waals surface area (Å²) in [5.74, 6) is -1.40. The van der Waals surface area contributed by atoms with Gasteiger partial charge >= 0.3 is 12.1 Å². The summed E-state index contributed by atoms with van der Waals surface area (Å²) in [4.78, 5) is 15.7. The Morgan fingerprint density at radius 1 is 1.11 bits per heavy atom. The second-order valence-electron chi connectivity index (χ2n) is 6.22. The van der Waals surface area contributed by atoms with Gasteiger partial charge in [0.15, 0.2) is 0 Å². The fourth-order valence-electron chi connectivity index (χ4n) is 3.32. The molecule has 0 unspecified atom stereocenters. The quantitative estimate of drug-likeness (QED) is 0.555. The first-order chi connectivity index (χ1) is 12.8. The molecule has 0 aliphatic carbocycles. The number of carbonyl (C=O) groups is 1. The molecular weight excluding hydrogens is 357 g/mol. The molecule has 0 atom stereocenters. The second-order valence-corrected chi connectivity index (χ2v) is 6.22. The zero-order chi connectivity index (χ0) is 19.2. The maximum absolute atomic E-state index is 13.1. The van der Waals surface area contributed by atoms with Crippen molar-refractivity contribution in [1.29, 1.82) is 0 Å². The molecule has 0 amide bonds. The zero-order valence-corrected chi connectivity index (χ0v) is 13.9. The van der Waals surface area contributed by atoms with E-state index in [1.807, 2.05) is 24.3 Å². The van der Waals surface area contributed by atoms with Crippen molar-refractivity contribution in [2.75, 3.05) is 0 Å². The van der Waals surface area contributed by atoms with Crippen molar-refractivity contribution in [3.63, 3.8) is 0 Å². The van der Waals surface area contributed by atoms with Gasteiger partial charge in [0, 0.05) is 35.9 Å². The van der Waals surface area contributed by atoms with E-state index in [1.165, 1.54) is 6.07 Å². The molecule has 0 spiro atoms. The number of aromatic carboxylic acids is 1. The third-order valence-corrected chi connectivity index (χ3v) is 4.53. The van der Waals surface area contributed by atoms with Crippen LogP contribution in [0.2, 0.25) is 0 Å². The number of aromatic nitrogens is 2. The van der Waals surface area contributed by atoms with Crippen molar-refractivity contribution in [2.24, 2.45) is 0 Å². The number of benzene rings is 2. The Kier molecular flexibility index (Phi) is 3.87. The summed E-state index contributed by atoms with van der Waals surface area (Å²) in [5, 5.41) is 11.6. The van der Waals surface area contributed by atoms with Crippen molar-refractivity contribution in [1.82, 2.24) is 9.55 Å². The average Bonchev–Trinajstić information content (AvgIpc) is 3.03. The van der Waals surface area contributed by atoms with Crippen molar-refractivity contribution in [2.45, 2.75) is 12.7 Å². The van der Waals surface area contributed by atoms with Gasteiger partial charge in [0.25, 0.3) is 0 Å². The van der Waals surface area contributed by atoms with Gasteiger partial charge in [-0.1, -0.05) is 18.2 Å². The van der Waals surface area contributed by atoms with Crippen LogP contribution in [0, 0.1) is 0 Å². The average molecular weight is 370 g/mol. The molecule has 0 saturated heterocycles. The predicted octanol–water partition coefficient (Wildman–Crippen LogP) is 4.95. The fourth-order valence-corrected chi connectivity index (χ4v) is 3.32. The number of fused-ring (bicyclic) bond motifs is 2. The molecule has 136 valence electrons. The lowest BCUT2D eigenvalue weighted by atomic mass is 10.0. The van der Waals surface area contributed by atoms with E-state index in [-0.39, 0.29) is 16.5 Å². The Balaban J connectivity index is 1.89. The molecule has 7 heteroatoms. The summed E-state index contributed by atoms with van der Waals surface area (Å²) in [5.41, 5.74) is -0.154. The third kappa shape index (κ3) is 3.01. The minimum Gasteiger partial charge on any atom is -0.478 e. The smallest absolute Gasteiger partial charge is 0.416 e. The van der Waals surface area contributed by atoms with Crippen LogP contribution < -0.4 is 0 Å². The lowest BCUT2D eigenvalue weighted by Gasteiger charge is -2.13. The minimum atomic E-state index is -4.61. The van der Waals surface area contributed by atoms with Crippen LogP contribution in [0.4, 0.5) is 13.2 Å². The number of pyridine rings is 1. The number of alkyl halides is 3. The number of carboxylic acids is 1. The molecule has 2 heterocycles. The number of hydrogen-bond donors (Lipinski definition) is 1. The Labute approximate surface area is 151 Å². The minimum absolute atomic E-state index is 0.240. The van der Waals surface area contributed by atoms with Crippen LogP contribution in [0.1, 0.15) is 21.5 Å².